The van der Waals surface area contributed by atoms with Gasteiger partial charge in [0.1, 0.15) is 11.6 Å². The van der Waals surface area contributed by atoms with Crippen molar-refractivity contribution in [3.8, 4) is 5.75 Å². The van der Waals surface area contributed by atoms with Crippen LogP contribution in [0, 0.1) is 5.82 Å². The van der Waals surface area contributed by atoms with Crippen LogP contribution in [-0.4, -0.2) is 7.11 Å². The van der Waals surface area contributed by atoms with Crippen molar-refractivity contribution in [1.29, 1.82) is 0 Å². The van der Waals surface area contributed by atoms with E-state index in [9.17, 15) is 4.39 Å². The average Bonchev–Trinajstić information content (AvgIpc) is 2.42. The molecule has 1 unspecified atom stereocenters. The van der Waals surface area contributed by atoms with Crippen LogP contribution in [0.25, 0.3) is 0 Å². The summed E-state index contributed by atoms with van der Waals surface area (Å²) in [6.07, 6.45) is 0.591. The topological polar surface area (TPSA) is 9.23 Å². The molecule has 0 radical (unpaired) electrons. The van der Waals surface area contributed by atoms with Gasteiger partial charge in [0, 0.05) is 0 Å². The molecule has 0 amide bonds. The maximum absolute atomic E-state index is 13.1. The van der Waals surface area contributed by atoms with Crippen molar-refractivity contribution in [2.24, 2.45) is 0 Å². The molecular weight excluding hydrogens is 286 g/mol. The first-order valence-electron chi connectivity index (χ1n) is 5.82. The molecule has 0 heterocycles. The maximum atomic E-state index is 13.1. The molecule has 2 rings (SSSR count). The van der Waals surface area contributed by atoms with Gasteiger partial charge in [-0.2, -0.15) is 0 Å². The van der Waals surface area contributed by atoms with Crippen molar-refractivity contribution in [2.45, 2.75) is 11.8 Å². The molecule has 0 saturated heterocycles. The van der Waals surface area contributed by atoms with Crippen molar-refractivity contribution in [3.05, 3.63) is 64.4 Å². The van der Waals surface area contributed by atoms with E-state index in [0.29, 0.717) is 6.42 Å². The second-order valence-electron chi connectivity index (χ2n) is 4.16. The van der Waals surface area contributed by atoms with Gasteiger partial charge in [-0.3, -0.25) is 0 Å². The molecule has 1 nitrogen and oxygen atoms in total. The van der Waals surface area contributed by atoms with Gasteiger partial charge in [-0.1, -0.05) is 35.9 Å². The lowest BCUT2D eigenvalue weighted by Gasteiger charge is -2.13. The second kappa shape index (κ2) is 6.27. The van der Waals surface area contributed by atoms with Gasteiger partial charge in [-0.25, -0.2) is 4.39 Å². The van der Waals surface area contributed by atoms with Gasteiger partial charge in [0.05, 0.1) is 17.5 Å². The van der Waals surface area contributed by atoms with Crippen LogP contribution < -0.4 is 4.74 Å². The van der Waals surface area contributed by atoms with Crippen molar-refractivity contribution >= 4 is 23.2 Å². The summed E-state index contributed by atoms with van der Waals surface area (Å²) in [5.74, 6) is 0.355. The number of para-hydroxylation sites is 1. The van der Waals surface area contributed by atoms with Crippen LogP contribution in [0.3, 0.4) is 0 Å². The summed E-state index contributed by atoms with van der Waals surface area (Å²) >= 11 is 12.1. The molecule has 2 aromatic carbocycles. The van der Waals surface area contributed by atoms with Gasteiger partial charge in [0.2, 0.25) is 0 Å². The van der Waals surface area contributed by atoms with E-state index < -0.39 is 5.82 Å². The molecule has 0 spiro atoms. The normalized spacial score (nSPS) is 12.2. The zero-order valence-electron chi connectivity index (χ0n) is 10.4. The molecule has 0 aromatic heterocycles. The summed E-state index contributed by atoms with van der Waals surface area (Å²) in [6.45, 7) is 0. The molecule has 0 fully saturated rings. The third-order valence-electron chi connectivity index (χ3n) is 2.90. The standard InChI is InChI=1S/C15H13Cl2FO/c1-19-15-5-3-2-4-11(15)9-12(16)10-6-7-14(18)13(17)8-10/h2-8,12H,9H2,1H3. The molecule has 1 atom stereocenters. The summed E-state index contributed by atoms with van der Waals surface area (Å²) in [6, 6.07) is 12.2. The Morgan fingerprint density at radius 3 is 2.63 bits per heavy atom. The van der Waals surface area contributed by atoms with Crippen molar-refractivity contribution in [1.82, 2.24) is 0 Å². The van der Waals surface area contributed by atoms with Gasteiger partial charge in [0.25, 0.3) is 0 Å². The third-order valence-corrected chi connectivity index (χ3v) is 3.59. The van der Waals surface area contributed by atoms with Crippen LogP contribution in [0.15, 0.2) is 42.5 Å². The molecule has 0 bridgehead atoms. The van der Waals surface area contributed by atoms with E-state index in [1.54, 1.807) is 19.2 Å². The van der Waals surface area contributed by atoms with E-state index >= 15 is 0 Å². The number of methoxy groups -OCH3 is 1. The predicted octanol–water partition coefficient (Wildman–Crippen LogP) is 5.01. The molecular formula is C15H13Cl2FO. The number of alkyl halides is 1. The zero-order valence-corrected chi connectivity index (χ0v) is 11.9. The van der Waals surface area contributed by atoms with Crippen LogP contribution in [-0.2, 0) is 6.42 Å². The summed E-state index contributed by atoms with van der Waals surface area (Å²) in [5.41, 5.74) is 1.80. The first-order chi connectivity index (χ1) is 9.11. The molecule has 0 aliphatic carbocycles. The Hall–Kier alpha value is -1.25. The second-order valence-corrected chi connectivity index (χ2v) is 5.09. The molecule has 100 valence electrons. The summed E-state index contributed by atoms with van der Waals surface area (Å²) in [7, 11) is 1.62. The highest BCUT2D eigenvalue weighted by atomic mass is 35.5. The molecule has 0 N–H and O–H groups in total. The lowest BCUT2D eigenvalue weighted by atomic mass is 10.0. The van der Waals surface area contributed by atoms with Crippen LogP contribution in [0.5, 0.6) is 5.75 Å². The quantitative estimate of drug-likeness (QED) is 0.721. The Kier molecular flexibility index (Phi) is 4.67. The number of halogens is 3. The first kappa shape index (κ1) is 14.2. The highest BCUT2D eigenvalue weighted by Crippen LogP contribution is 2.31. The minimum absolute atomic E-state index is 0.0863. The Morgan fingerprint density at radius 1 is 1.21 bits per heavy atom. The Labute approximate surface area is 121 Å². The molecule has 19 heavy (non-hydrogen) atoms. The average molecular weight is 299 g/mol. The Balaban J connectivity index is 2.20. The largest absolute Gasteiger partial charge is 0.496 e. The third kappa shape index (κ3) is 3.40. The predicted molar refractivity (Wildman–Crippen MR) is 76.7 cm³/mol. The van der Waals surface area contributed by atoms with Crippen LogP contribution in [0.2, 0.25) is 5.02 Å². The monoisotopic (exact) mass is 298 g/mol. The zero-order chi connectivity index (χ0) is 13.8. The molecule has 0 saturated carbocycles. The van der Waals surface area contributed by atoms with Crippen molar-refractivity contribution in [3.63, 3.8) is 0 Å². The van der Waals surface area contributed by atoms with Crippen LogP contribution >= 0.6 is 23.2 Å². The Bertz CT molecular complexity index is 572. The van der Waals surface area contributed by atoms with Gasteiger partial charge >= 0.3 is 0 Å². The van der Waals surface area contributed by atoms with E-state index in [1.807, 2.05) is 24.3 Å². The lowest BCUT2D eigenvalue weighted by molar-refractivity contribution is 0.409. The number of hydrogen-bond donors (Lipinski definition) is 0. The number of ether oxygens (including phenoxy) is 1. The minimum atomic E-state index is -0.438. The molecule has 0 aliphatic heterocycles. The maximum Gasteiger partial charge on any atom is 0.141 e. The summed E-state index contributed by atoms with van der Waals surface area (Å²) in [5, 5.41) is -0.197. The summed E-state index contributed by atoms with van der Waals surface area (Å²) < 4.78 is 18.4. The number of hydrogen-bond acceptors (Lipinski definition) is 1. The van der Waals surface area contributed by atoms with Gasteiger partial charge in [-0.05, 0) is 35.7 Å². The molecule has 4 heteroatoms. The first-order valence-corrected chi connectivity index (χ1v) is 6.64. The van der Waals surface area contributed by atoms with E-state index in [2.05, 4.69) is 0 Å². The van der Waals surface area contributed by atoms with Crippen molar-refractivity contribution in [2.75, 3.05) is 7.11 Å². The van der Waals surface area contributed by atoms with Gasteiger partial charge in [0.15, 0.2) is 0 Å². The van der Waals surface area contributed by atoms with E-state index in [1.165, 1.54) is 6.07 Å². The minimum Gasteiger partial charge on any atom is -0.496 e. The fraction of sp³-hybridized carbons (Fsp3) is 0.200. The fourth-order valence-corrected chi connectivity index (χ4v) is 2.38. The molecule has 0 aliphatic rings. The summed E-state index contributed by atoms with van der Waals surface area (Å²) in [4.78, 5) is 0. The fourth-order valence-electron chi connectivity index (χ4n) is 1.89. The van der Waals surface area contributed by atoms with E-state index in [-0.39, 0.29) is 10.4 Å². The van der Waals surface area contributed by atoms with E-state index in [0.717, 1.165) is 16.9 Å². The molecule has 2 aromatic rings. The Morgan fingerprint density at radius 2 is 1.95 bits per heavy atom. The van der Waals surface area contributed by atoms with Gasteiger partial charge < -0.3 is 4.74 Å². The number of benzene rings is 2. The highest BCUT2D eigenvalue weighted by Gasteiger charge is 2.13. The SMILES string of the molecule is COc1ccccc1CC(Cl)c1ccc(F)c(Cl)c1. The lowest BCUT2D eigenvalue weighted by Crippen LogP contribution is -1.99. The number of rotatable bonds is 4. The highest BCUT2D eigenvalue weighted by molar-refractivity contribution is 6.31. The van der Waals surface area contributed by atoms with Gasteiger partial charge in [-0.15, -0.1) is 11.6 Å². The van der Waals surface area contributed by atoms with Crippen LogP contribution in [0.4, 0.5) is 4.39 Å². The van der Waals surface area contributed by atoms with E-state index in [4.69, 9.17) is 27.9 Å². The smallest absolute Gasteiger partial charge is 0.141 e. The van der Waals surface area contributed by atoms with Crippen LogP contribution in [0.1, 0.15) is 16.5 Å². The van der Waals surface area contributed by atoms with Crippen molar-refractivity contribution < 1.29 is 9.13 Å².